The number of hydrogen-bond acceptors (Lipinski definition) is 4. The normalized spacial score (nSPS) is 23.5. The van der Waals surface area contributed by atoms with Crippen molar-refractivity contribution in [1.29, 1.82) is 0 Å². The van der Waals surface area contributed by atoms with Crippen molar-refractivity contribution in [2.24, 2.45) is 0 Å². The number of hydrogen-bond donors (Lipinski definition) is 1. The van der Waals surface area contributed by atoms with Crippen molar-refractivity contribution in [2.75, 3.05) is 38.6 Å². The molecule has 2 N–H and O–H groups in total. The minimum absolute atomic E-state index is 0.177. The van der Waals surface area contributed by atoms with Crippen LogP contribution in [-0.4, -0.2) is 54.6 Å². The largest absolute Gasteiger partial charge is 0.399 e. The van der Waals surface area contributed by atoms with E-state index in [2.05, 4.69) is 29.2 Å². The summed E-state index contributed by atoms with van der Waals surface area (Å²) < 4.78 is 5.87. The first kappa shape index (κ1) is 17.1. The lowest BCUT2D eigenvalue weighted by atomic mass is 10.00. The van der Waals surface area contributed by atoms with Gasteiger partial charge in [0.1, 0.15) is 0 Å². The zero-order chi connectivity index (χ0) is 17.9. The van der Waals surface area contributed by atoms with E-state index in [9.17, 15) is 4.79 Å². The van der Waals surface area contributed by atoms with Crippen LogP contribution in [-0.2, 0) is 16.0 Å². The number of benzene rings is 2. The molecule has 0 bridgehead atoms. The van der Waals surface area contributed by atoms with Gasteiger partial charge in [-0.3, -0.25) is 9.69 Å². The van der Waals surface area contributed by atoms with Crippen LogP contribution in [0, 0.1) is 0 Å². The summed E-state index contributed by atoms with van der Waals surface area (Å²) in [4.78, 5) is 17.2. The number of nitrogen functional groups attached to an aromatic ring is 1. The summed E-state index contributed by atoms with van der Waals surface area (Å²) in [6, 6.07) is 18.6. The monoisotopic (exact) mass is 351 g/mol. The van der Waals surface area contributed by atoms with Crippen LogP contribution in [0.25, 0.3) is 0 Å². The molecule has 2 aromatic carbocycles. The number of fused-ring (bicyclic) bond motifs is 1. The van der Waals surface area contributed by atoms with Crippen molar-refractivity contribution in [3.63, 3.8) is 0 Å². The Bertz CT molecular complexity index is 748. The van der Waals surface area contributed by atoms with Gasteiger partial charge in [0.05, 0.1) is 31.7 Å². The molecule has 5 heteroatoms. The highest BCUT2D eigenvalue weighted by Gasteiger charge is 2.37. The molecule has 0 unspecified atom stereocenters. The molecule has 2 aromatic rings. The molecule has 2 saturated heterocycles. The lowest BCUT2D eigenvalue weighted by Crippen LogP contribution is -2.60. The molecule has 136 valence electrons. The molecule has 1 amide bonds. The maximum absolute atomic E-state index is 12.7. The Morgan fingerprint density at radius 3 is 2.58 bits per heavy atom. The van der Waals surface area contributed by atoms with Gasteiger partial charge in [-0.2, -0.15) is 0 Å². The summed E-state index contributed by atoms with van der Waals surface area (Å²) in [6.07, 6.45) is 0.427. The van der Waals surface area contributed by atoms with Crippen LogP contribution in [0.5, 0.6) is 0 Å². The minimum atomic E-state index is 0.177. The fourth-order valence-corrected chi connectivity index (χ4v) is 3.95. The van der Waals surface area contributed by atoms with Gasteiger partial charge in [0, 0.05) is 25.3 Å². The topological polar surface area (TPSA) is 58.8 Å². The Morgan fingerprint density at radius 2 is 1.81 bits per heavy atom. The van der Waals surface area contributed by atoms with Crippen molar-refractivity contribution in [3.05, 3.63) is 65.7 Å². The number of nitrogens with two attached hydrogens (primary N) is 1. The molecule has 2 fully saturated rings. The number of carbonyl (C=O) groups is 1. The van der Waals surface area contributed by atoms with E-state index in [0.717, 1.165) is 37.5 Å². The smallest absolute Gasteiger partial charge is 0.227 e. The van der Waals surface area contributed by atoms with Gasteiger partial charge in [-0.1, -0.05) is 42.5 Å². The Balaban J connectivity index is 1.41. The molecule has 26 heavy (non-hydrogen) atoms. The van der Waals surface area contributed by atoms with E-state index < -0.39 is 0 Å². The highest BCUT2D eigenvalue weighted by Crippen LogP contribution is 2.29. The first-order valence-corrected chi connectivity index (χ1v) is 9.21. The fraction of sp³-hybridized carbons (Fsp3) is 0.381. The number of amides is 1. The summed E-state index contributed by atoms with van der Waals surface area (Å²) in [5.41, 5.74) is 8.74. The number of anilines is 1. The third-order valence-electron chi connectivity index (χ3n) is 5.39. The Kier molecular flexibility index (Phi) is 4.91. The molecule has 0 aliphatic carbocycles. The number of carbonyl (C=O) groups excluding carboxylic acids is 1. The van der Waals surface area contributed by atoms with Crippen LogP contribution >= 0.6 is 0 Å². The molecule has 0 aromatic heterocycles. The fourth-order valence-electron chi connectivity index (χ4n) is 3.95. The second-order valence-electron chi connectivity index (χ2n) is 7.11. The predicted octanol–water partition coefficient (Wildman–Crippen LogP) is 2.10. The first-order chi connectivity index (χ1) is 12.7. The molecule has 2 aliphatic rings. The van der Waals surface area contributed by atoms with Crippen LogP contribution in [0.3, 0.4) is 0 Å². The van der Waals surface area contributed by atoms with E-state index in [1.165, 1.54) is 5.56 Å². The number of nitrogens with zero attached hydrogens (tertiary/aromatic N) is 2. The lowest BCUT2D eigenvalue weighted by Gasteiger charge is -2.48. The van der Waals surface area contributed by atoms with Gasteiger partial charge in [0.2, 0.25) is 5.91 Å². The Hall–Kier alpha value is -2.37. The molecule has 5 nitrogen and oxygen atoms in total. The van der Waals surface area contributed by atoms with E-state index in [0.29, 0.717) is 13.0 Å². The van der Waals surface area contributed by atoms with E-state index >= 15 is 0 Å². The summed E-state index contributed by atoms with van der Waals surface area (Å²) in [5, 5.41) is 0. The van der Waals surface area contributed by atoms with Gasteiger partial charge < -0.3 is 15.4 Å². The maximum atomic E-state index is 12.7. The number of piperazine rings is 1. The molecule has 0 saturated carbocycles. The summed E-state index contributed by atoms with van der Waals surface area (Å²) in [7, 11) is 0. The first-order valence-electron chi connectivity index (χ1n) is 9.21. The molecule has 2 atom stereocenters. The molecule has 4 rings (SSSR count). The molecular weight excluding hydrogens is 326 g/mol. The summed E-state index contributed by atoms with van der Waals surface area (Å²) >= 11 is 0. The van der Waals surface area contributed by atoms with Gasteiger partial charge in [-0.25, -0.2) is 0 Å². The molecule has 0 spiro atoms. The van der Waals surface area contributed by atoms with Gasteiger partial charge in [-0.15, -0.1) is 0 Å². The highest BCUT2D eigenvalue weighted by atomic mass is 16.5. The quantitative estimate of drug-likeness (QED) is 0.861. The van der Waals surface area contributed by atoms with Crippen molar-refractivity contribution in [1.82, 2.24) is 9.80 Å². The Morgan fingerprint density at radius 1 is 1.04 bits per heavy atom. The number of morpholine rings is 1. The number of ether oxygens (including phenoxy) is 1. The molecular formula is C21H25N3O2. The second-order valence-corrected chi connectivity index (χ2v) is 7.11. The number of rotatable bonds is 3. The van der Waals surface area contributed by atoms with Crippen molar-refractivity contribution < 1.29 is 9.53 Å². The maximum Gasteiger partial charge on any atom is 0.227 e. The van der Waals surface area contributed by atoms with Gasteiger partial charge in [-0.05, 0) is 23.3 Å². The second kappa shape index (κ2) is 7.48. The van der Waals surface area contributed by atoms with E-state index in [1.807, 2.05) is 35.2 Å². The Labute approximate surface area is 154 Å². The lowest BCUT2D eigenvalue weighted by molar-refractivity contribution is -0.139. The van der Waals surface area contributed by atoms with Crippen LogP contribution in [0.1, 0.15) is 17.2 Å². The van der Waals surface area contributed by atoms with Crippen molar-refractivity contribution in [2.45, 2.75) is 18.5 Å². The zero-order valence-electron chi connectivity index (χ0n) is 14.9. The summed E-state index contributed by atoms with van der Waals surface area (Å²) in [5.74, 6) is 0.177. The molecule has 0 radical (unpaired) electrons. The average Bonchev–Trinajstić information content (AvgIpc) is 2.69. The van der Waals surface area contributed by atoms with Crippen LogP contribution in [0.4, 0.5) is 5.69 Å². The minimum Gasteiger partial charge on any atom is -0.399 e. The van der Waals surface area contributed by atoms with Gasteiger partial charge in [0.25, 0.3) is 0 Å². The van der Waals surface area contributed by atoms with E-state index in [-0.39, 0.29) is 18.0 Å². The standard InChI is InChI=1S/C21H25N3O2/c22-18-8-6-16(7-9-18)12-21(25)23-10-11-24-19(13-23)14-26-15-20(24)17-4-2-1-3-5-17/h1-9,19-20H,10-15,22H2/t19-,20-/m1/s1. The van der Waals surface area contributed by atoms with Crippen LogP contribution < -0.4 is 5.73 Å². The van der Waals surface area contributed by atoms with Crippen molar-refractivity contribution in [3.8, 4) is 0 Å². The summed E-state index contributed by atoms with van der Waals surface area (Å²) in [6.45, 7) is 3.81. The van der Waals surface area contributed by atoms with Gasteiger partial charge >= 0.3 is 0 Å². The third-order valence-corrected chi connectivity index (χ3v) is 5.39. The third kappa shape index (κ3) is 3.59. The molecule has 2 heterocycles. The average molecular weight is 351 g/mol. The highest BCUT2D eigenvalue weighted by molar-refractivity contribution is 5.79. The van der Waals surface area contributed by atoms with Crippen molar-refractivity contribution >= 4 is 11.6 Å². The molecule has 2 aliphatic heterocycles. The SMILES string of the molecule is Nc1ccc(CC(=O)N2CCN3[C@@H](COC[C@@H]3c3ccccc3)C2)cc1. The predicted molar refractivity (Wildman–Crippen MR) is 102 cm³/mol. The van der Waals surface area contributed by atoms with E-state index in [4.69, 9.17) is 10.5 Å². The van der Waals surface area contributed by atoms with Gasteiger partial charge in [0.15, 0.2) is 0 Å². The van der Waals surface area contributed by atoms with Crippen LogP contribution in [0.15, 0.2) is 54.6 Å². The van der Waals surface area contributed by atoms with E-state index in [1.54, 1.807) is 0 Å². The zero-order valence-corrected chi connectivity index (χ0v) is 14.9. The van der Waals surface area contributed by atoms with Crippen LogP contribution in [0.2, 0.25) is 0 Å².